The van der Waals surface area contributed by atoms with Gasteiger partial charge in [-0.2, -0.15) is 0 Å². The molecule has 92 valence electrons. The average Bonchev–Trinajstić information content (AvgIpc) is 2.26. The number of carbonyl (C=O) groups is 2. The highest BCUT2D eigenvalue weighted by molar-refractivity contribution is 9.11. The number of amides is 1. The zero-order chi connectivity index (χ0) is 13.0. The number of hydrogen-bond acceptors (Lipinski definition) is 3. The van der Waals surface area contributed by atoms with Crippen LogP contribution in [-0.2, 0) is 9.53 Å². The zero-order valence-electron chi connectivity index (χ0n) is 9.37. The van der Waals surface area contributed by atoms with Crippen molar-refractivity contribution in [2.24, 2.45) is 0 Å². The summed E-state index contributed by atoms with van der Waals surface area (Å²) in [4.78, 5) is 24.3. The van der Waals surface area contributed by atoms with Crippen LogP contribution in [-0.4, -0.2) is 37.5 Å². The Kier molecular flexibility index (Phi) is 5.14. The molecule has 0 fully saturated rings. The Labute approximate surface area is 116 Å². The van der Waals surface area contributed by atoms with Crippen LogP contribution in [0.5, 0.6) is 0 Å². The van der Waals surface area contributed by atoms with E-state index in [-0.39, 0.29) is 12.5 Å². The van der Waals surface area contributed by atoms with Crippen molar-refractivity contribution in [3.63, 3.8) is 0 Å². The molecule has 0 aliphatic heterocycles. The second kappa shape index (κ2) is 6.16. The lowest BCUT2D eigenvalue weighted by atomic mass is 10.2. The summed E-state index contributed by atoms with van der Waals surface area (Å²) in [6.45, 7) is -0.0700. The van der Waals surface area contributed by atoms with Gasteiger partial charge in [0.25, 0.3) is 5.91 Å². The highest BCUT2D eigenvalue weighted by atomic mass is 79.9. The monoisotopic (exact) mass is 363 g/mol. The number of ether oxygens (including phenoxy) is 1. The van der Waals surface area contributed by atoms with E-state index in [2.05, 4.69) is 36.6 Å². The summed E-state index contributed by atoms with van der Waals surface area (Å²) >= 11 is 6.61. The minimum atomic E-state index is -0.449. The fourth-order valence-electron chi connectivity index (χ4n) is 1.23. The van der Waals surface area contributed by atoms with Crippen molar-refractivity contribution in [3.8, 4) is 0 Å². The molecule has 0 heterocycles. The van der Waals surface area contributed by atoms with Gasteiger partial charge in [-0.3, -0.25) is 9.59 Å². The molecular weight excluding hydrogens is 354 g/mol. The summed E-state index contributed by atoms with van der Waals surface area (Å²) in [5.74, 6) is -0.688. The second-order valence-electron chi connectivity index (χ2n) is 3.40. The van der Waals surface area contributed by atoms with Crippen molar-refractivity contribution in [1.29, 1.82) is 0 Å². The molecule has 0 atom stereocenters. The topological polar surface area (TPSA) is 46.6 Å². The Balaban J connectivity index is 2.85. The van der Waals surface area contributed by atoms with Crippen molar-refractivity contribution < 1.29 is 14.3 Å². The van der Waals surface area contributed by atoms with Crippen LogP contribution in [0.4, 0.5) is 0 Å². The van der Waals surface area contributed by atoms with E-state index in [0.717, 1.165) is 8.95 Å². The number of likely N-dealkylation sites (N-methyl/N-ethyl adjacent to an activating group) is 1. The molecule has 0 aliphatic rings. The number of hydrogen-bond donors (Lipinski definition) is 0. The standard InChI is InChI=1S/C11H11Br2NO3/c1-14(6-10(15)17-2)11(16)7-3-8(12)5-9(13)4-7/h3-5H,6H2,1-2H3. The maximum absolute atomic E-state index is 12.0. The van der Waals surface area contributed by atoms with Gasteiger partial charge in [-0.1, -0.05) is 31.9 Å². The number of rotatable bonds is 3. The first-order valence-electron chi connectivity index (χ1n) is 4.72. The Morgan fingerprint density at radius 1 is 1.24 bits per heavy atom. The van der Waals surface area contributed by atoms with Gasteiger partial charge in [0, 0.05) is 21.6 Å². The number of benzene rings is 1. The SMILES string of the molecule is COC(=O)CN(C)C(=O)c1cc(Br)cc(Br)c1. The van der Waals surface area contributed by atoms with Gasteiger partial charge in [0.1, 0.15) is 6.54 Å². The third-order valence-corrected chi connectivity index (χ3v) is 2.97. The first-order chi connectivity index (χ1) is 7.93. The van der Waals surface area contributed by atoms with Crippen LogP contribution in [0.1, 0.15) is 10.4 Å². The molecule has 0 spiro atoms. The summed E-state index contributed by atoms with van der Waals surface area (Å²) in [6.07, 6.45) is 0. The summed E-state index contributed by atoms with van der Waals surface area (Å²) in [5, 5.41) is 0. The van der Waals surface area contributed by atoms with Crippen LogP contribution in [0.3, 0.4) is 0 Å². The molecule has 17 heavy (non-hydrogen) atoms. The lowest BCUT2D eigenvalue weighted by molar-refractivity contribution is -0.141. The van der Waals surface area contributed by atoms with E-state index < -0.39 is 5.97 Å². The summed E-state index contributed by atoms with van der Waals surface area (Å²) in [7, 11) is 2.84. The van der Waals surface area contributed by atoms with Crippen LogP contribution >= 0.6 is 31.9 Å². The molecule has 1 aromatic carbocycles. The van der Waals surface area contributed by atoms with Gasteiger partial charge in [-0.15, -0.1) is 0 Å². The quantitative estimate of drug-likeness (QED) is 0.774. The van der Waals surface area contributed by atoms with Crippen molar-refractivity contribution in [2.45, 2.75) is 0 Å². The molecule has 0 unspecified atom stereocenters. The average molecular weight is 365 g/mol. The summed E-state index contributed by atoms with van der Waals surface area (Å²) in [5.41, 5.74) is 0.498. The van der Waals surface area contributed by atoms with Gasteiger partial charge >= 0.3 is 5.97 Å². The van der Waals surface area contributed by atoms with E-state index in [1.54, 1.807) is 19.2 Å². The smallest absolute Gasteiger partial charge is 0.325 e. The second-order valence-corrected chi connectivity index (χ2v) is 5.23. The van der Waals surface area contributed by atoms with Gasteiger partial charge in [-0.25, -0.2) is 0 Å². The van der Waals surface area contributed by atoms with Gasteiger partial charge in [-0.05, 0) is 18.2 Å². The number of methoxy groups -OCH3 is 1. The molecule has 0 aliphatic carbocycles. The van der Waals surface area contributed by atoms with Gasteiger partial charge in [0.2, 0.25) is 0 Å². The Morgan fingerprint density at radius 2 is 1.76 bits per heavy atom. The van der Waals surface area contributed by atoms with Crippen molar-refractivity contribution in [2.75, 3.05) is 20.7 Å². The fourth-order valence-corrected chi connectivity index (χ4v) is 2.52. The molecule has 1 rings (SSSR count). The van der Waals surface area contributed by atoms with Crippen LogP contribution in [0, 0.1) is 0 Å². The maximum Gasteiger partial charge on any atom is 0.325 e. The number of halogens is 2. The largest absolute Gasteiger partial charge is 0.468 e. The van der Waals surface area contributed by atoms with Gasteiger partial charge < -0.3 is 9.64 Å². The molecule has 0 radical (unpaired) electrons. The Hall–Kier alpha value is -0.880. The lowest BCUT2D eigenvalue weighted by Crippen LogP contribution is -2.32. The van der Waals surface area contributed by atoms with Gasteiger partial charge in [0.15, 0.2) is 0 Å². The van der Waals surface area contributed by atoms with Crippen LogP contribution in [0.2, 0.25) is 0 Å². The summed E-state index contributed by atoms with van der Waals surface area (Å²) in [6, 6.07) is 5.22. The summed E-state index contributed by atoms with van der Waals surface area (Å²) < 4.78 is 6.09. The predicted molar refractivity (Wildman–Crippen MR) is 70.8 cm³/mol. The lowest BCUT2D eigenvalue weighted by Gasteiger charge is -2.15. The molecule has 0 bridgehead atoms. The van der Waals surface area contributed by atoms with Crippen molar-refractivity contribution in [3.05, 3.63) is 32.7 Å². The minimum Gasteiger partial charge on any atom is -0.468 e. The van der Waals surface area contributed by atoms with E-state index in [1.165, 1.54) is 12.0 Å². The number of esters is 1. The Morgan fingerprint density at radius 3 is 2.24 bits per heavy atom. The maximum atomic E-state index is 12.0. The molecule has 0 N–H and O–H groups in total. The van der Waals surface area contributed by atoms with Crippen molar-refractivity contribution in [1.82, 2.24) is 4.90 Å². The third kappa shape index (κ3) is 4.12. The highest BCUT2D eigenvalue weighted by Crippen LogP contribution is 2.20. The third-order valence-electron chi connectivity index (χ3n) is 2.05. The molecule has 6 heteroatoms. The molecule has 0 saturated heterocycles. The van der Waals surface area contributed by atoms with E-state index >= 15 is 0 Å². The first kappa shape index (κ1) is 14.2. The zero-order valence-corrected chi connectivity index (χ0v) is 12.5. The molecule has 0 saturated carbocycles. The molecule has 1 amide bonds. The first-order valence-corrected chi connectivity index (χ1v) is 6.31. The molecule has 1 aromatic rings. The minimum absolute atomic E-state index is 0.0700. The molecular formula is C11H11Br2NO3. The number of carbonyl (C=O) groups excluding carboxylic acids is 2. The number of nitrogens with zero attached hydrogens (tertiary/aromatic N) is 1. The predicted octanol–water partition coefficient (Wildman–Crippen LogP) is 2.46. The highest BCUT2D eigenvalue weighted by Gasteiger charge is 2.15. The Bertz CT molecular complexity index is 428. The fraction of sp³-hybridized carbons (Fsp3) is 0.273. The van der Waals surface area contributed by atoms with E-state index in [9.17, 15) is 9.59 Å². The van der Waals surface area contributed by atoms with Crippen LogP contribution in [0.25, 0.3) is 0 Å². The molecule has 0 aromatic heterocycles. The van der Waals surface area contributed by atoms with Crippen LogP contribution < -0.4 is 0 Å². The van der Waals surface area contributed by atoms with Gasteiger partial charge in [0.05, 0.1) is 7.11 Å². The van der Waals surface area contributed by atoms with Crippen LogP contribution in [0.15, 0.2) is 27.1 Å². The van der Waals surface area contributed by atoms with E-state index in [1.807, 2.05) is 6.07 Å². The molecule has 4 nitrogen and oxygen atoms in total. The van der Waals surface area contributed by atoms with Crippen molar-refractivity contribution >= 4 is 43.7 Å². The van der Waals surface area contributed by atoms with E-state index in [4.69, 9.17) is 0 Å². The van der Waals surface area contributed by atoms with E-state index in [0.29, 0.717) is 5.56 Å². The normalized spacial score (nSPS) is 9.88.